The second-order valence-corrected chi connectivity index (χ2v) is 9.07. The molecular weight excluding hydrogens is 354 g/mol. The van der Waals surface area contributed by atoms with Crippen LogP contribution in [0.15, 0.2) is 24.3 Å². The maximum atomic E-state index is 12.3. The van der Waals surface area contributed by atoms with E-state index in [0.29, 0.717) is 6.54 Å². The zero-order valence-electron chi connectivity index (χ0n) is 18.2. The van der Waals surface area contributed by atoms with E-state index >= 15 is 0 Å². The number of hydrogen-bond donors (Lipinski definition) is 4. The third-order valence-corrected chi connectivity index (χ3v) is 5.21. The number of piperazine rings is 1. The summed E-state index contributed by atoms with van der Waals surface area (Å²) in [6, 6.07) is 8.63. The lowest BCUT2D eigenvalue weighted by atomic mass is 10.0. The molecule has 2 amide bonds. The van der Waals surface area contributed by atoms with E-state index in [0.717, 1.165) is 31.9 Å². The van der Waals surface area contributed by atoms with Gasteiger partial charge in [0.25, 0.3) is 0 Å². The van der Waals surface area contributed by atoms with E-state index in [1.807, 2.05) is 34.9 Å². The molecule has 0 radical (unpaired) electrons. The van der Waals surface area contributed by atoms with Gasteiger partial charge in [-0.05, 0) is 32.9 Å². The van der Waals surface area contributed by atoms with Gasteiger partial charge in [-0.25, -0.2) is 0 Å². The Kier molecular flexibility index (Phi) is 7.43. The number of rotatable bonds is 5. The quantitative estimate of drug-likeness (QED) is 0.450. The highest BCUT2D eigenvalue weighted by atomic mass is 16.2. The first-order valence-corrected chi connectivity index (χ1v) is 10.1. The van der Waals surface area contributed by atoms with E-state index in [2.05, 4.69) is 46.8 Å². The molecule has 7 heteroatoms. The fraction of sp³-hybridized carbons (Fsp3) is 0.619. The molecule has 0 aliphatic carbocycles. The van der Waals surface area contributed by atoms with Gasteiger partial charge in [0.15, 0.2) is 0 Å². The van der Waals surface area contributed by atoms with Crippen LogP contribution in [0.5, 0.6) is 0 Å². The molecule has 1 heterocycles. The molecule has 28 heavy (non-hydrogen) atoms. The number of benzene rings is 1. The summed E-state index contributed by atoms with van der Waals surface area (Å²) in [5.41, 5.74) is 1.91. The molecule has 1 saturated heterocycles. The predicted octanol–water partition coefficient (Wildman–Crippen LogP) is -1.76. The molecule has 1 fully saturated rings. The summed E-state index contributed by atoms with van der Waals surface area (Å²) >= 11 is 0. The first kappa shape index (κ1) is 22.2. The van der Waals surface area contributed by atoms with Crippen LogP contribution < -0.4 is 25.3 Å². The van der Waals surface area contributed by atoms with Crippen LogP contribution in [0.25, 0.3) is 0 Å². The highest BCUT2D eigenvalue weighted by Gasteiger charge is 2.30. The number of nitrogens with one attached hydrogen (secondary N) is 4. The largest absolute Gasteiger partial charge is 0.378 e. The molecular formula is C21H37N5O2+2. The number of likely N-dealkylation sites (N-methyl/N-ethyl adjacent to an activating group) is 1. The van der Waals surface area contributed by atoms with Crippen LogP contribution in [0.4, 0.5) is 5.69 Å². The van der Waals surface area contributed by atoms with Crippen LogP contribution in [0, 0.1) is 0 Å². The van der Waals surface area contributed by atoms with Crippen molar-refractivity contribution < 1.29 is 19.4 Å². The van der Waals surface area contributed by atoms with Crippen LogP contribution in [0.3, 0.4) is 0 Å². The van der Waals surface area contributed by atoms with Gasteiger partial charge in [0, 0.05) is 30.9 Å². The number of hydrogen-bond acceptors (Lipinski definition) is 3. The van der Waals surface area contributed by atoms with Crippen molar-refractivity contribution in [3.8, 4) is 0 Å². The van der Waals surface area contributed by atoms with Gasteiger partial charge in [-0.15, -0.1) is 0 Å². The van der Waals surface area contributed by atoms with Gasteiger partial charge in [-0.3, -0.25) is 9.59 Å². The van der Waals surface area contributed by atoms with E-state index in [-0.39, 0.29) is 6.04 Å². The van der Waals surface area contributed by atoms with Crippen LogP contribution >= 0.6 is 0 Å². The lowest BCUT2D eigenvalue weighted by molar-refractivity contribution is -1.02. The summed E-state index contributed by atoms with van der Waals surface area (Å²) in [5, 5.41) is 5.58. The molecule has 1 aliphatic heterocycles. The maximum Gasteiger partial charge on any atom is 0.309 e. The Labute approximate surface area is 169 Å². The van der Waals surface area contributed by atoms with Crippen LogP contribution in [-0.4, -0.2) is 71.2 Å². The Hall–Kier alpha value is -2.12. The molecule has 4 N–H and O–H groups in total. The van der Waals surface area contributed by atoms with Crippen molar-refractivity contribution in [2.45, 2.75) is 32.4 Å². The summed E-state index contributed by atoms with van der Waals surface area (Å²) in [5.74, 6) is -1.14. The summed E-state index contributed by atoms with van der Waals surface area (Å²) in [4.78, 5) is 29.5. The SMILES string of the molecule is CN(C)c1ccc([C@H](CNC(=O)C(=O)NC(C)(C)C)[NH+]2CC[NH+](C)CC2)cc1. The van der Waals surface area contributed by atoms with E-state index in [1.54, 1.807) is 4.90 Å². The molecule has 0 unspecified atom stereocenters. The Morgan fingerprint density at radius 1 is 1.04 bits per heavy atom. The number of anilines is 1. The van der Waals surface area contributed by atoms with Gasteiger partial charge in [-0.2, -0.15) is 0 Å². The van der Waals surface area contributed by atoms with Gasteiger partial charge in [0.1, 0.15) is 32.2 Å². The highest BCUT2D eigenvalue weighted by molar-refractivity contribution is 6.35. The van der Waals surface area contributed by atoms with Gasteiger partial charge >= 0.3 is 11.8 Å². The third kappa shape index (κ3) is 6.49. The van der Waals surface area contributed by atoms with Crippen LogP contribution in [-0.2, 0) is 9.59 Å². The minimum Gasteiger partial charge on any atom is -0.378 e. The van der Waals surface area contributed by atoms with E-state index < -0.39 is 17.4 Å². The summed E-state index contributed by atoms with van der Waals surface area (Å²) in [7, 11) is 6.26. The second kappa shape index (κ2) is 9.39. The Balaban J connectivity index is 2.10. The molecule has 0 saturated carbocycles. The minimum absolute atomic E-state index is 0.135. The Bertz CT molecular complexity index is 658. The van der Waals surface area contributed by atoms with E-state index in [9.17, 15) is 9.59 Å². The lowest BCUT2D eigenvalue weighted by Gasteiger charge is -2.33. The zero-order chi connectivity index (χ0) is 20.9. The van der Waals surface area contributed by atoms with Crippen LogP contribution in [0.1, 0.15) is 32.4 Å². The van der Waals surface area contributed by atoms with Gasteiger partial charge in [0.2, 0.25) is 0 Å². The number of amides is 2. The highest BCUT2D eigenvalue weighted by Crippen LogP contribution is 2.16. The monoisotopic (exact) mass is 391 g/mol. The topological polar surface area (TPSA) is 70.3 Å². The molecule has 0 spiro atoms. The van der Waals surface area contributed by atoms with Crippen molar-refractivity contribution in [1.82, 2.24) is 10.6 Å². The first-order valence-electron chi connectivity index (χ1n) is 10.1. The molecule has 0 aromatic heterocycles. The second-order valence-electron chi connectivity index (χ2n) is 9.07. The molecule has 1 aromatic rings. The Morgan fingerprint density at radius 2 is 1.61 bits per heavy atom. The first-order chi connectivity index (χ1) is 13.1. The third-order valence-electron chi connectivity index (χ3n) is 5.21. The minimum atomic E-state index is -0.577. The molecule has 2 rings (SSSR count). The fourth-order valence-electron chi connectivity index (χ4n) is 3.52. The molecule has 7 nitrogen and oxygen atoms in total. The maximum absolute atomic E-state index is 12.3. The van der Waals surface area contributed by atoms with E-state index in [1.165, 1.54) is 10.5 Å². The molecule has 1 aliphatic rings. The average molecular weight is 392 g/mol. The number of quaternary nitrogens is 2. The number of carbonyl (C=O) groups excluding carboxylic acids is 2. The van der Waals surface area contributed by atoms with Crippen molar-refractivity contribution in [2.24, 2.45) is 0 Å². The molecule has 0 bridgehead atoms. The summed E-state index contributed by atoms with van der Waals surface area (Å²) in [6.45, 7) is 10.4. The predicted molar refractivity (Wildman–Crippen MR) is 112 cm³/mol. The Morgan fingerprint density at radius 3 is 2.11 bits per heavy atom. The number of carbonyl (C=O) groups is 2. The standard InChI is InChI=1S/C21H35N5O2/c1-21(2,3)23-20(28)19(27)22-15-18(26-13-11-25(6)12-14-26)16-7-9-17(10-8-16)24(4)5/h7-10,18H,11-15H2,1-6H3,(H,22,27)(H,23,28)/p+2/t18-/m0/s1. The van der Waals surface area contributed by atoms with E-state index in [4.69, 9.17) is 0 Å². The fourth-order valence-corrected chi connectivity index (χ4v) is 3.52. The molecule has 1 aromatic carbocycles. The summed E-state index contributed by atoms with van der Waals surface area (Å²) < 4.78 is 0. The average Bonchev–Trinajstić information content (AvgIpc) is 2.62. The molecule has 1 atom stereocenters. The molecule has 156 valence electrons. The van der Waals surface area contributed by atoms with Crippen molar-refractivity contribution in [3.05, 3.63) is 29.8 Å². The van der Waals surface area contributed by atoms with Gasteiger partial charge in [-0.1, -0.05) is 12.1 Å². The smallest absolute Gasteiger partial charge is 0.309 e. The van der Waals surface area contributed by atoms with Gasteiger partial charge in [0.05, 0.1) is 13.6 Å². The summed E-state index contributed by atoms with van der Waals surface area (Å²) in [6.07, 6.45) is 0. The lowest BCUT2D eigenvalue weighted by Crippen LogP contribution is -3.27. The number of nitrogens with zero attached hydrogens (tertiary/aromatic N) is 1. The van der Waals surface area contributed by atoms with Crippen LogP contribution in [0.2, 0.25) is 0 Å². The van der Waals surface area contributed by atoms with Crippen molar-refractivity contribution in [3.63, 3.8) is 0 Å². The zero-order valence-corrected chi connectivity index (χ0v) is 18.2. The van der Waals surface area contributed by atoms with Crippen molar-refractivity contribution in [1.29, 1.82) is 0 Å². The van der Waals surface area contributed by atoms with Crippen molar-refractivity contribution in [2.75, 3.05) is 58.8 Å². The van der Waals surface area contributed by atoms with Gasteiger partial charge < -0.3 is 25.3 Å². The normalized spacial score (nSPS) is 20.9. The van der Waals surface area contributed by atoms with Crippen molar-refractivity contribution >= 4 is 17.5 Å².